The van der Waals surface area contributed by atoms with Crippen molar-refractivity contribution in [3.8, 4) is 5.75 Å². The normalized spacial score (nSPS) is 15.1. The summed E-state index contributed by atoms with van der Waals surface area (Å²) >= 11 is 0. The Morgan fingerprint density at radius 3 is 2.03 bits per heavy atom. The van der Waals surface area contributed by atoms with Crippen molar-refractivity contribution >= 4 is 11.9 Å². The van der Waals surface area contributed by atoms with Gasteiger partial charge in [-0.05, 0) is 58.2 Å². The number of carbonyl (C=O) groups excluding carboxylic acids is 2. The van der Waals surface area contributed by atoms with Crippen LogP contribution in [0.4, 0.5) is 0 Å². The number of carbonyl (C=O) groups is 2. The van der Waals surface area contributed by atoms with E-state index in [-0.39, 0.29) is 18.4 Å². The van der Waals surface area contributed by atoms with Crippen LogP contribution in [0.25, 0.3) is 0 Å². The molecule has 5 nitrogen and oxygen atoms in total. The molecule has 0 aliphatic carbocycles. The zero-order chi connectivity index (χ0) is 24.4. The average Bonchev–Trinajstić information content (AvgIpc) is 2.76. The fourth-order valence-corrected chi connectivity index (χ4v) is 3.72. The third kappa shape index (κ3) is 9.29. The third-order valence-corrected chi connectivity index (χ3v) is 5.41. The van der Waals surface area contributed by atoms with Crippen LogP contribution in [0, 0.1) is 11.8 Å². The van der Waals surface area contributed by atoms with E-state index in [9.17, 15) is 9.59 Å². The molecule has 2 rings (SSSR count). The maximum atomic E-state index is 12.8. The van der Waals surface area contributed by atoms with Gasteiger partial charge in [0, 0.05) is 5.92 Å². The number of hydrogen-bond acceptors (Lipinski definition) is 5. The molecule has 5 heteroatoms. The zero-order valence-corrected chi connectivity index (χ0v) is 20.7. The van der Waals surface area contributed by atoms with Gasteiger partial charge in [-0.1, -0.05) is 62.4 Å². The summed E-state index contributed by atoms with van der Waals surface area (Å²) in [5, 5.41) is 0. The molecule has 0 spiro atoms. The first-order valence-corrected chi connectivity index (χ1v) is 11.8. The minimum atomic E-state index is -0.603. The van der Waals surface area contributed by atoms with Gasteiger partial charge in [0.05, 0.1) is 12.3 Å². The smallest absolute Gasteiger partial charge is 0.309 e. The lowest BCUT2D eigenvalue weighted by Crippen LogP contribution is -2.41. The summed E-state index contributed by atoms with van der Waals surface area (Å²) in [5.74, 6) is -0.569. The molecule has 0 fully saturated rings. The lowest BCUT2D eigenvalue weighted by Gasteiger charge is -2.32. The van der Waals surface area contributed by atoms with E-state index >= 15 is 0 Å². The van der Waals surface area contributed by atoms with Crippen molar-refractivity contribution < 1.29 is 23.8 Å². The maximum absolute atomic E-state index is 12.8. The van der Waals surface area contributed by atoms with Crippen LogP contribution in [0.2, 0.25) is 0 Å². The molecule has 0 saturated carbocycles. The van der Waals surface area contributed by atoms with Gasteiger partial charge in [0.2, 0.25) is 0 Å². The summed E-state index contributed by atoms with van der Waals surface area (Å²) < 4.78 is 17.5. The summed E-state index contributed by atoms with van der Waals surface area (Å²) in [6, 6.07) is 19.8. The molecule has 180 valence electrons. The highest BCUT2D eigenvalue weighted by Crippen LogP contribution is 2.26. The predicted molar refractivity (Wildman–Crippen MR) is 130 cm³/mol. The highest BCUT2D eigenvalue weighted by Gasteiger charge is 2.32. The first-order chi connectivity index (χ1) is 15.6. The number of hydrogen-bond donors (Lipinski definition) is 0. The monoisotopic (exact) mass is 454 g/mol. The Labute approximate surface area is 198 Å². The van der Waals surface area contributed by atoms with Gasteiger partial charge >= 0.3 is 11.9 Å². The Bertz CT molecular complexity index is 857. The van der Waals surface area contributed by atoms with E-state index < -0.39 is 29.6 Å². The van der Waals surface area contributed by atoms with E-state index in [1.54, 1.807) is 27.7 Å². The molecule has 0 unspecified atom stereocenters. The topological polar surface area (TPSA) is 61.8 Å². The van der Waals surface area contributed by atoms with Gasteiger partial charge in [0.25, 0.3) is 0 Å². The van der Waals surface area contributed by atoms with E-state index in [4.69, 9.17) is 14.2 Å². The molecule has 0 aliphatic rings. The molecule has 0 N–H and O–H groups in total. The second-order valence-corrected chi connectivity index (χ2v) is 9.59. The molecule has 0 aliphatic heterocycles. The van der Waals surface area contributed by atoms with Crippen molar-refractivity contribution in [2.75, 3.05) is 0 Å². The zero-order valence-electron chi connectivity index (χ0n) is 20.7. The SMILES string of the molecule is CC[C@H](Cc1ccccc1)[C@@H](Oc1ccccc1)[C@H](C)OC(=O)[C@H](C)CC(=O)OC(C)(C)C. The average molecular weight is 455 g/mol. The molecule has 4 atom stereocenters. The van der Waals surface area contributed by atoms with Crippen LogP contribution < -0.4 is 4.74 Å². The standard InChI is InChI=1S/C28H38O5/c1-7-23(19-22-14-10-8-11-15-22)26(32-24-16-12-9-13-17-24)21(3)31-27(30)20(2)18-25(29)33-28(4,5)6/h8-17,20-21,23,26H,7,18-19H2,1-6H3/t20-,21+,23-,26+/m1/s1. The Morgan fingerprint density at radius 1 is 0.909 bits per heavy atom. The molecular weight excluding hydrogens is 416 g/mol. The van der Waals surface area contributed by atoms with Gasteiger partial charge in [-0.3, -0.25) is 9.59 Å². The van der Waals surface area contributed by atoms with Crippen LogP contribution in [0.5, 0.6) is 5.75 Å². The fraction of sp³-hybridized carbons (Fsp3) is 0.500. The van der Waals surface area contributed by atoms with Crippen molar-refractivity contribution in [2.45, 2.75) is 78.6 Å². The van der Waals surface area contributed by atoms with Crippen molar-refractivity contribution in [3.63, 3.8) is 0 Å². The van der Waals surface area contributed by atoms with Crippen LogP contribution in [0.15, 0.2) is 60.7 Å². The number of esters is 2. The van der Waals surface area contributed by atoms with E-state index in [1.165, 1.54) is 5.56 Å². The lowest BCUT2D eigenvalue weighted by atomic mass is 9.89. The molecule has 0 amide bonds. The van der Waals surface area contributed by atoms with Gasteiger partial charge in [0.1, 0.15) is 23.6 Å². The van der Waals surface area contributed by atoms with Crippen LogP contribution in [-0.2, 0) is 25.5 Å². The number of benzene rings is 2. The highest BCUT2D eigenvalue weighted by molar-refractivity contribution is 5.79. The molecular formula is C28H38O5. The summed E-state index contributed by atoms with van der Waals surface area (Å²) in [7, 11) is 0. The van der Waals surface area contributed by atoms with Gasteiger partial charge in [-0.15, -0.1) is 0 Å². The van der Waals surface area contributed by atoms with E-state index in [2.05, 4.69) is 19.1 Å². The summed E-state index contributed by atoms with van der Waals surface area (Å²) in [6.45, 7) is 11.1. The molecule has 2 aromatic rings. The number of rotatable bonds is 11. The molecule has 0 bridgehead atoms. The van der Waals surface area contributed by atoms with Gasteiger partial charge < -0.3 is 14.2 Å². The van der Waals surface area contributed by atoms with E-state index in [0.29, 0.717) is 0 Å². The lowest BCUT2D eigenvalue weighted by molar-refractivity contribution is -0.166. The van der Waals surface area contributed by atoms with Gasteiger partial charge in [0.15, 0.2) is 0 Å². The molecule has 0 radical (unpaired) electrons. The van der Waals surface area contributed by atoms with Crippen LogP contribution in [0.3, 0.4) is 0 Å². The highest BCUT2D eigenvalue weighted by atomic mass is 16.6. The summed E-state index contributed by atoms with van der Waals surface area (Å²) in [6.07, 6.45) is 0.822. The second kappa shape index (κ2) is 12.4. The summed E-state index contributed by atoms with van der Waals surface area (Å²) in [4.78, 5) is 24.9. The largest absolute Gasteiger partial charge is 0.486 e. The van der Waals surface area contributed by atoms with Crippen molar-refractivity contribution in [2.24, 2.45) is 11.8 Å². The van der Waals surface area contributed by atoms with E-state index in [0.717, 1.165) is 18.6 Å². The van der Waals surface area contributed by atoms with Crippen LogP contribution in [0.1, 0.15) is 59.9 Å². The Morgan fingerprint density at radius 2 is 1.48 bits per heavy atom. The minimum absolute atomic E-state index is 0.0196. The first kappa shape index (κ1) is 26.4. The minimum Gasteiger partial charge on any atom is -0.486 e. The molecule has 2 aromatic carbocycles. The van der Waals surface area contributed by atoms with Crippen molar-refractivity contribution in [1.29, 1.82) is 0 Å². The summed E-state index contributed by atoms with van der Waals surface area (Å²) in [5.41, 5.74) is 0.622. The van der Waals surface area contributed by atoms with Crippen molar-refractivity contribution in [1.82, 2.24) is 0 Å². The third-order valence-electron chi connectivity index (χ3n) is 5.41. The molecule has 0 heterocycles. The number of para-hydroxylation sites is 1. The van der Waals surface area contributed by atoms with Crippen molar-refractivity contribution in [3.05, 3.63) is 66.2 Å². The van der Waals surface area contributed by atoms with Crippen LogP contribution >= 0.6 is 0 Å². The predicted octanol–water partition coefficient (Wildman–Crippen LogP) is 6.00. The quantitative estimate of drug-likeness (QED) is 0.390. The molecule has 0 aromatic heterocycles. The number of ether oxygens (including phenoxy) is 3. The Kier molecular flexibility index (Phi) is 9.95. The Balaban J connectivity index is 2.12. The molecule has 33 heavy (non-hydrogen) atoms. The van der Waals surface area contributed by atoms with Gasteiger partial charge in [-0.2, -0.15) is 0 Å². The maximum Gasteiger partial charge on any atom is 0.309 e. The fourth-order valence-electron chi connectivity index (χ4n) is 3.72. The Hall–Kier alpha value is -2.82. The molecule has 0 saturated heterocycles. The van der Waals surface area contributed by atoms with Crippen LogP contribution in [-0.4, -0.2) is 29.7 Å². The van der Waals surface area contributed by atoms with Gasteiger partial charge in [-0.25, -0.2) is 0 Å². The van der Waals surface area contributed by atoms with E-state index in [1.807, 2.05) is 55.5 Å². The second-order valence-electron chi connectivity index (χ2n) is 9.59. The first-order valence-electron chi connectivity index (χ1n) is 11.8.